The van der Waals surface area contributed by atoms with Gasteiger partial charge in [0.15, 0.2) is 0 Å². The lowest BCUT2D eigenvalue weighted by atomic mass is 10.1. The third-order valence-corrected chi connectivity index (χ3v) is 3.64. The molecule has 0 radical (unpaired) electrons. The smallest absolute Gasteiger partial charge is 0.321 e. The van der Waals surface area contributed by atoms with Crippen molar-refractivity contribution in [3.8, 4) is 5.75 Å². The zero-order valence-corrected chi connectivity index (χ0v) is 14.4. The first-order valence-corrected chi connectivity index (χ1v) is 8.14. The van der Waals surface area contributed by atoms with E-state index in [9.17, 15) is 9.59 Å². The van der Waals surface area contributed by atoms with Crippen molar-refractivity contribution >= 4 is 11.9 Å². The molecule has 0 fully saturated rings. The van der Waals surface area contributed by atoms with Crippen molar-refractivity contribution in [2.24, 2.45) is 0 Å². The Hall–Kier alpha value is -2.86. The Morgan fingerprint density at radius 2 is 1.72 bits per heavy atom. The summed E-state index contributed by atoms with van der Waals surface area (Å²) in [6, 6.07) is 15.7. The summed E-state index contributed by atoms with van der Waals surface area (Å²) < 4.78 is 5.14. The van der Waals surface area contributed by atoms with Crippen LogP contribution in [-0.4, -0.2) is 25.6 Å². The highest BCUT2D eigenvalue weighted by Crippen LogP contribution is 2.15. The fourth-order valence-corrected chi connectivity index (χ4v) is 2.36. The highest BCUT2D eigenvalue weighted by atomic mass is 16.5. The van der Waals surface area contributed by atoms with E-state index in [-0.39, 0.29) is 0 Å². The molecule has 0 saturated heterocycles. The fraction of sp³-hybridized carbons (Fsp3) is 0.263. The Morgan fingerprint density at radius 1 is 1.04 bits per heavy atom. The van der Waals surface area contributed by atoms with Gasteiger partial charge in [-0.15, -0.1) is 0 Å². The summed E-state index contributed by atoms with van der Waals surface area (Å²) in [5, 5.41) is 8.12. The highest BCUT2D eigenvalue weighted by Gasteiger charge is 2.21. The molecule has 1 atom stereocenters. The number of hydrogen-bond donors (Lipinski definition) is 3. The van der Waals surface area contributed by atoms with E-state index in [1.165, 1.54) is 0 Å². The minimum atomic E-state index is -0.633. The minimum absolute atomic E-state index is 0.398. The lowest BCUT2D eigenvalue weighted by Gasteiger charge is -2.18. The molecule has 6 nitrogen and oxygen atoms in total. The predicted molar refractivity (Wildman–Crippen MR) is 96.2 cm³/mol. The van der Waals surface area contributed by atoms with E-state index in [0.29, 0.717) is 13.1 Å². The van der Waals surface area contributed by atoms with Crippen LogP contribution >= 0.6 is 0 Å². The Bertz CT molecular complexity index is 687. The fourth-order valence-electron chi connectivity index (χ4n) is 2.36. The molecule has 0 bridgehead atoms. The molecule has 0 heterocycles. The molecule has 3 N–H and O–H groups in total. The molecule has 2 aromatic rings. The summed E-state index contributed by atoms with van der Waals surface area (Å²) >= 11 is 0. The van der Waals surface area contributed by atoms with Gasteiger partial charge in [0.25, 0.3) is 0 Å². The molecule has 0 aliphatic rings. The van der Waals surface area contributed by atoms with E-state index in [1.807, 2.05) is 54.6 Å². The lowest BCUT2D eigenvalue weighted by Crippen LogP contribution is -2.44. The molecule has 0 saturated carbocycles. The normalized spacial score (nSPS) is 11.4. The van der Waals surface area contributed by atoms with Crippen molar-refractivity contribution in [2.75, 3.05) is 13.7 Å². The Balaban J connectivity index is 2.08. The topological polar surface area (TPSA) is 79.5 Å². The zero-order valence-electron chi connectivity index (χ0n) is 14.4. The number of urea groups is 1. The van der Waals surface area contributed by atoms with Crippen molar-refractivity contribution in [1.82, 2.24) is 16.0 Å². The van der Waals surface area contributed by atoms with E-state index in [1.54, 1.807) is 14.0 Å². The van der Waals surface area contributed by atoms with Gasteiger partial charge >= 0.3 is 6.03 Å². The van der Waals surface area contributed by atoms with Crippen LogP contribution in [0.25, 0.3) is 0 Å². The molecule has 0 aromatic heterocycles. The summed E-state index contributed by atoms with van der Waals surface area (Å²) in [4.78, 5) is 24.1. The largest absolute Gasteiger partial charge is 0.497 e. The summed E-state index contributed by atoms with van der Waals surface area (Å²) in [5.41, 5.74) is 1.80. The van der Waals surface area contributed by atoms with Crippen LogP contribution in [0.15, 0.2) is 54.6 Å². The number of imide groups is 1. The van der Waals surface area contributed by atoms with E-state index < -0.39 is 18.0 Å². The van der Waals surface area contributed by atoms with Gasteiger partial charge in [0.05, 0.1) is 7.11 Å². The second kappa shape index (κ2) is 9.44. The molecule has 0 aliphatic heterocycles. The van der Waals surface area contributed by atoms with Gasteiger partial charge in [-0.3, -0.25) is 15.4 Å². The number of amides is 3. The third kappa shape index (κ3) is 5.61. The SMILES string of the molecule is CCNC(=O)NC(=O)[C@@H](NCc1ccc(OC)cc1)c1ccccc1. The number of nitrogens with one attached hydrogen (secondary N) is 3. The van der Waals surface area contributed by atoms with Crippen molar-refractivity contribution in [2.45, 2.75) is 19.5 Å². The van der Waals surface area contributed by atoms with Crippen molar-refractivity contribution < 1.29 is 14.3 Å². The van der Waals surface area contributed by atoms with Gasteiger partial charge in [0.1, 0.15) is 11.8 Å². The lowest BCUT2D eigenvalue weighted by molar-refractivity contribution is -0.122. The number of benzene rings is 2. The van der Waals surface area contributed by atoms with Crippen molar-refractivity contribution in [1.29, 1.82) is 0 Å². The molecule has 0 unspecified atom stereocenters. The van der Waals surface area contributed by atoms with Crippen LogP contribution < -0.4 is 20.7 Å². The number of carbonyl (C=O) groups excluding carboxylic acids is 2. The number of carbonyl (C=O) groups is 2. The van der Waals surface area contributed by atoms with Gasteiger partial charge in [-0.1, -0.05) is 42.5 Å². The van der Waals surface area contributed by atoms with Gasteiger partial charge in [0, 0.05) is 13.1 Å². The number of rotatable bonds is 7. The molecule has 2 rings (SSSR count). The average Bonchev–Trinajstić information content (AvgIpc) is 2.63. The quantitative estimate of drug-likeness (QED) is 0.722. The van der Waals surface area contributed by atoms with Crippen LogP contribution in [0.4, 0.5) is 4.79 Å². The number of methoxy groups -OCH3 is 1. The van der Waals surface area contributed by atoms with E-state index >= 15 is 0 Å². The molecule has 2 aromatic carbocycles. The number of hydrogen-bond acceptors (Lipinski definition) is 4. The summed E-state index contributed by atoms with van der Waals surface area (Å²) in [7, 11) is 1.62. The molecule has 132 valence electrons. The van der Waals surface area contributed by atoms with E-state index in [2.05, 4.69) is 16.0 Å². The molecule has 0 aliphatic carbocycles. The molecule has 0 spiro atoms. The maximum absolute atomic E-state index is 12.5. The first-order chi connectivity index (χ1) is 12.1. The second-order valence-electron chi connectivity index (χ2n) is 5.42. The molecular formula is C19H23N3O3. The minimum Gasteiger partial charge on any atom is -0.497 e. The van der Waals surface area contributed by atoms with Gasteiger partial charge in [0.2, 0.25) is 5.91 Å². The van der Waals surface area contributed by atoms with Gasteiger partial charge in [-0.2, -0.15) is 0 Å². The maximum atomic E-state index is 12.5. The first-order valence-electron chi connectivity index (χ1n) is 8.14. The average molecular weight is 341 g/mol. The van der Waals surface area contributed by atoms with Crippen molar-refractivity contribution in [3.05, 3.63) is 65.7 Å². The Labute approximate surface area is 147 Å². The molecule has 25 heavy (non-hydrogen) atoms. The van der Waals surface area contributed by atoms with Crippen LogP contribution in [0.3, 0.4) is 0 Å². The highest BCUT2D eigenvalue weighted by molar-refractivity contribution is 5.97. The predicted octanol–water partition coefficient (Wildman–Crippen LogP) is 2.37. The van der Waals surface area contributed by atoms with E-state index in [0.717, 1.165) is 16.9 Å². The Morgan fingerprint density at radius 3 is 2.32 bits per heavy atom. The molecular weight excluding hydrogens is 318 g/mol. The van der Waals surface area contributed by atoms with Crippen LogP contribution in [0.1, 0.15) is 24.1 Å². The standard InChI is InChI=1S/C19H23N3O3/c1-3-20-19(24)22-18(23)17(15-7-5-4-6-8-15)21-13-14-9-11-16(25-2)12-10-14/h4-12,17,21H,3,13H2,1-2H3,(H2,20,22,23,24)/t17-/m0/s1. The second-order valence-corrected chi connectivity index (χ2v) is 5.42. The van der Waals surface area contributed by atoms with Crippen LogP contribution in [0.2, 0.25) is 0 Å². The zero-order chi connectivity index (χ0) is 18.1. The van der Waals surface area contributed by atoms with Crippen LogP contribution in [0, 0.1) is 0 Å². The van der Waals surface area contributed by atoms with E-state index in [4.69, 9.17) is 4.74 Å². The number of ether oxygens (including phenoxy) is 1. The van der Waals surface area contributed by atoms with Crippen LogP contribution in [0.5, 0.6) is 5.75 Å². The van der Waals surface area contributed by atoms with Crippen LogP contribution in [-0.2, 0) is 11.3 Å². The monoisotopic (exact) mass is 341 g/mol. The maximum Gasteiger partial charge on any atom is 0.321 e. The molecule has 3 amide bonds. The molecule has 6 heteroatoms. The van der Waals surface area contributed by atoms with Crippen molar-refractivity contribution in [3.63, 3.8) is 0 Å². The first kappa shape index (κ1) is 18.5. The summed E-state index contributed by atoms with van der Waals surface area (Å²) in [6.07, 6.45) is 0. The van der Waals surface area contributed by atoms with Gasteiger partial charge < -0.3 is 10.1 Å². The Kier molecular flexibility index (Phi) is 6.98. The third-order valence-electron chi connectivity index (χ3n) is 3.64. The van der Waals surface area contributed by atoms with Gasteiger partial charge in [-0.05, 0) is 30.2 Å². The summed E-state index contributed by atoms with van der Waals surface area (Å²) in [5.74, 6) is 0.378. The summed E-state index contributed by atoms with van der Waals surface area (Å²) in [6.45, 7) is 2.72. The van der Waals surface area contributed by atoms with Gasteiger partial charge in [-0.25, -0.2) is 4.79 Å².